The molecule has 1 aliphatic heterocycles. The molecule has 0 saturated carbocycles. The average Bonchev–Trinajstić information content (AvgIpc) is 3.38. The van der Waals surface area contributed by atoms with E-state index in [1.165, 1.54) is 18.1 Å². The van der Waals surface area contributed by atoms with Crippen molar-refractivity contribution in [1.29, 1.82) is 0 Å². The lowest BCUT2D eigenvalue weighted by atomic mass is 9.95. The lowest BCUT2D eigenvalue weighted by Crippen LogP contribution is -2.54. The number of hydrogen-bond acceptors (Lipinski definition) is 6. The normalized spacial score (nSPS) is 16.7. The second-order valence-corrected chi connectivity index (χ2v) is 11.0. The summed E-state index contributed by atoms with van der Waals surface area (Å²) in [7, 11) is 1.38. The Hall–Kier alpha value is -3.50. The van der Waals surface area contributed by atoms with Gasteiger partial charge in [0.15, 0.2) is 0 Å². The number of barbiturate groups is 1. The second-order valence-electron chi connectivity index (χ2n) is 8.98. The Balaban J connectivity index is 1.59. The fourth-order valence-corrected chi connectivity index (χ4v) is 6.66. The highest BCUT2D eigenvalue weighted by molar-refractivity contribution is 9.10. The van der Waals surface area contributed by atoms with Gasteiger partial charge in [-0.15, -0.1) is 11.3 Å². The predicted molar refractivity (Wildman–Crippen MR) is 144 cm³/mol. The van der Waals surface area contributed by atoms with Crippen LogP contribution in [0.2, 0.25) is 0 Å². The van der Waals surface area contributed by atoms with E-state index < -0.39 is 17.8 Å². The molecule has 2 aliphatic rings. The van der Waals surface area contributed by atoms with E-state index in [1.807, 2.05) is 24.5 Å². The highest BCUT2D eigenvalue weighted by Crippen LogP contribution is 2.39. The number of nitrogens with one attached hydrogen (secondary N) is 1. The number of thiophene rings is 1. The smallest absolute Gasteiger partial charge is 0.341 e. The third-order valence-corrected chi connectivity index (χ3v) is 8.51. The zero-order chi connectivity index (χ0) is 26.4. The Morgan fingerprint density at radius 3 is 2.51 bits per heavy atom. The van der Waals surface area contributed by atoms with Gasteiger partial charge in [-0.2, -0.15) is 0 Å². The Labute approximate surface area is 226 Å². The number of urea groups is 1. The number of hydrogen-bond donors (Lipinski definition) is 1. The molecule has 3 heterocycles. The molecule has 5 rings (SSSR count). The van der Waals surface area contributed by atoms with E-state index in [2.05, 4.69) is 21.2 Å². The van der Waals surface area contributed by atoms with E-state index in [0.717, 1.165) is 57.0 Å². The number of carbonyl (C=O) groups is 4. The van der Waals surface area contributed by atoms with Crippen LogP contribution in [0.5, 0.6) is 0 Å². The van der Waals surface area contributed by atoms with Crippen molar-refractivity contribution in [3.63, 3.8) is 0 Å². The van der Waals surface area contributed by atoms with Crippen molar-refractivity contribution in [2.24, 2.45) is 0 Å². The highest BCUT2D eigenvalue weighted by Gasteiger charge is 2.37. The Kier molecular flexibility index (Phi) is 6.63. The number of esters is 1. The van der Waals surface area contributed by atoms with Gasteiger partial charge in [-0.05, 0) is 87.1 Å². The molecule has 2 aromatic heterocycles. The van der Waals surface area contributed by atoms with E-state index >= 15 is 0 Å². The molecule has 1 saturated heterocycles. The standard InChI is InChI=1S/C27H24BrN3O5S/c1-14-12-16(13-20-23(32)29-27(35)31(24(20)33)18-10-8-17(28)9-11-18)15(2)30(14)25-22(26(34)36-3)19-6-4-5-7-21(19)37-25/h8-13H,4-7H2,1-3H3,(H,29,32,35)/b20-13+. The summed E-state index contributed by atoms with van der Waals surface area (Å²) in [5, 5.41) is 3.04. The summed E-state index contributed by atoms with van der Waals surface area (Å²) >= 11 is 4.92. The summed E-state index contributed by atoms with van der Waals surface area (Å²) in [5.74, 6) is -1.83. The first kappa shape index (κ1) is 25.2. The van der Waals surface area contributed by atoms with Crippen LogP contribution in [-0.2, 0) is 27.2 Å². The molecule has 0 radical (unpaired) electrons. The fourth-order valence-electron chi connectivity index (χ4n) is 4.91. The molecule has 190 valence electrons. The van der Waals surface area contributed by atoms with Crippen LogP contribution in [0, 0.1) is 13.8 Å². The van der Waals surface area contributed by atoms with Crippen LogP contribution >= 0.6 is 27.3 Å². The summed E-state index contributed by atoms with van der Waals surface area (Å²) in [6.07, 6.45) is 5.37. The Morgan fingerprint density at radius 1 is 1.11 bits per heavy atom. The zero-order valence-corrected chi connectivity index (χ0v) is 22.9. The number of methoxy groups -OCH3 is 1. The first-order valence-electron chi connectivity index (χ1n) is 11.8. The molecule has 0 atom stereocenters. The van der Waals surface area contributed by atoms with E-state index in [4.69, 9.17) is 4.74 Å². The van der Waals surface area contributed by atoms with Crippen LogP contribution in [0.25, 0.3) is 11.1 Å². The van der Waals surface area contributed by atoms with Crippen LogP contribution < -0.4 is 10.2 Å². The largest absolute Gasteiger partial charge is 0.465 e. The van der Waals surface area contributed by atoms with Gasteiger partial charge in [-0.3, -0.25) is 14.9 Å². The van der Waals surface area contributed by atoms with Crippen LogP contribution in [0.3, 0.4) is 0 Å². The van der Waals surface area contributed by atoms with Gasteiger partial charge in [0.2, 0.25) is 0 Å². The maximum absolute atomic E-state index is 13.3. The van der Waals surface area contributed by atoms with Crippen LogP contribution in [0.4, 0.5) is 10.5 Å². The van der Waals surface area contributed by atoms with Gasteiger partial charge >= 0.3 is 12.0 Å². The molecule has 10 heteroatoms. The van der Waals surface area contributed by atoms with Crippen molar-refractivity contribution >= 4 is 62.8 Å². The van der Waals surface area contributed by atoms with Gasteiger partial charge < -0.3 is 9.30 Å². The molecule has 1 fully saturated rings. The van der Waals surface area contributed by atoms with Crippen LogP contribution in [-0.4, -0.2) is 35.5 Å². The molecule has 0 unspecified atom stereocenters. The van der Waals surface area contributed by atoms with Gasteiger partial charge in [-0.1, -0.05) is 15.9 Å². The lowest BCUT2D eigenvalue weighted by Gasteiger charge is -2.26. The maximum atomic E-state index is 13.3. The molecule has 1 aromatic carbocycles. The summed E-state index contributed by atoms with van der Waals surface area (Å²) < 4.78 is 7.90. The molecule has 1 N–H and O–H groups in total. The average molecular weight is 582 g/mol. The first-order valence-corrected chi connectivity index (χ1v) is 13.4. The highest BCUT2D eigenvalue weighted by atomic mass is 79.9. The summed E-state index contributed by atoms with van der Waals surface area (Å²) in [6.45, 7) is 3.79. The first-order chi connectivity index (χ1) is 17.7. The van der Waals surface area contributed by atoms with E-state index in [1.54, 1.807) is 35.6 Å². The maximum Gasteiger partial charge on any atom is 0.341 e. The number of anilines is 1. The van der Waals surface area contributed by atoms with E-state index in [-0.39, 0.29) is 11.5 Å². The molecule has 3 aromatic rings. The number of imide groups is 2. The van der Waals surface area contributed by atoms with Crippen LogP contribution in [0.1, 0.15) is 50.6 Å². The van der Waals surface area contributed by atoms with Gasteiger partial charge in [0.25, 0.3) is 11.8 Å². The van der Waals surface area contributed by atoms with Gasteiger partial charge in [0.05, 0.1) is 18.4 Å². The molecule has 0 bridgehead atoms. The Morgan fingerprint density at radius 2 is 1.81 bits per heavy atom. The van der Waals surface area contributed by atoms with Gasteiger partial charge in [-0.25, -0.2) is 14.5 Å². The number of fused-ring (bicyclic) bond motifs is 1. The number of amides is 4. The fraction of sp³-hybridized carbons (Fsp3) is 0.259. The van der Waals surface area contributed by atoms with E-state index in [9.17, 15) is 19.2 Å². The summed E-state index contributed by atoms with van der Waals surface area (Å²) in [6, 6.07) is 7.72. The number of carbonyl (C=O) groups excluding carboxylic acids is 4. The number of ether oxygens (including phenoxy) is 1. The molecule has 1 aliphatic carbocycles. The number of rotatable bonds is 4. The molecule has 0 spiro atoms. The van der Waals surface area contributed by atoms with Crippen molar-refractivity contribution in [2.75, 3.05) is 12.0 Å². The predicted octanol–water partition coefficient (Wildman–Crippen LogP) is 5.25. The van der Waals surface area contributed by atoms with Crippen LogP contribution in [0.15, 0.2) is 40.4 Å². The monoisotopic (exact) mass is 581 g/mol. The quantitative estimate of drug-likeness (QED) is 0.258. The zero-order valence-electron chi connectivity index (χ0n) is 20.5. The number of benzene rings is 1. The van der Waals surface area contributed by atoms with Crippen molar-refractivity contribution < 1.29 is 23.9 Å². The van der Waals surface area contributed by atoms with Crippen molar-refractivity contribution in [3.8, 4) is 5.00 Å². The molecular weight excluding hydrogens is 558 g/mol. The third-order valence-electron chi connectivity index (χ3n) is 6.70. The minimum atomic E-state index is -0.799. The van der Waals surface area contributed by atoms with Crippen molar-refractivity contribution in [3.05, 3.63) is 73.3 Å². The minimum absolute atomic E-state index is 0.151. The third kappa shape index (κ3) is 4.34. The molecule has 4 amide bonds. The number of aromatic nitrogens is 1. The van der Waals surface area contributed by atoms with E-state index in [0.29, 0.717) is 16.8 Å². The minimum Gasteiger partial charge on any atom is -0.465 e. The summed E-state index contributed by atoms with van der Waals surface area (Å²) in [4.78, 5) is 53.5. The van der Waals surface area contributed by atoms with Gasteiger partial charge in [0.1, 0.15) is 10.6 Å². The topological polar surface area (TPSA) is 97.7 Å². The molecule has 8 nitrogen and oxygen atoms in total. The van der Waals surface area contributed by atoms with Gasteiger partial charge in [0, 0.05) is 20.7 Å². The molecule has 37 heavy (non-hydrogen) atoms. The SMILES string of the molecule is COC(=O)c1c(-n2c(C)cc(/C=C3\C(=O)NC(=O)N(c4ccc(Br)cc4)C3=O)c2C)sc2c1CCCC2. The second kappa shape index (κ2) is 9.75. The lowest BCUT2D eigenvalue weighted by molar-refractivity contribution is -0.122. The Bertz CT molecular complexity index is 1500. The summed E-state index contributed by atoms with van der Waals surface area (Å²) in [5.41, 5.74) is 4.09. The van der Waals surface area contributed by atoms with Crippen molar-refractivity contribution in [1.82, 2.24) is 9.88 Å². The number of aryl methyl sites for hydroxylation is 2. The van der Waals surface area contributed by atoms with Crippen molar-refractivity contribution in [2.45, 2.75) is 39.5 Å². The number of nitrogens with zero attached hydrogens (tertiary/aromatic N) is 2. The number of halogens is 1. The molecular formula is C27H24BrN3O5S.